The summed E-state index contributed by atoms with van der Waals surface area (Å²) in [7, 11) is 0. The number of nitrogens with zero attached hydrogens (tertiary/aromatic N) is 1. The van der Waals surface area contributed by atoms with Gasteiger partial charge in [0.1, 0.15) is 0 Å². The van der Waals surface area contributed by atoms with Crippen LogP contribution in [0.15, 0.2) is 47.5 Å². The zero-order valence-corrected chi connectivity index (χ0v) is 10.3. The van der Waals surface area contributed by atoms with Crippen LogP contribution in [0.25, 0.3) is 0 Å². The SMILES string of the molecule is O=C(O)/C=C\C([O-])=Nc1ccccc1.[Na+]. The van der Waals surface area contributed by atoms with Gasteiger partial charge in [0.15, 0.2) is 0 Å². The van der Waals surface area contributed by atoms with Gasteiger partial charge in [0, 0.05) is 6.08 Å². The van der Waals surface area contributed by atoms with E-state index in [0.717, 1.165) is 12.2 Å². The van der Waals surface area contributed by atoms with Gasteiger partial charge < -0.3 is 10.2 Å². The number of carboxylic acid groups (broad SMARTS) is 1. The maximum Gasteiger partial charge on any atom is 1.00 e. The van der Waals surface area contributed by atoms with Crippen LogP contribution in [0.5, 0.6) is 0 Å². The molecule has 0 aliphatic carbocycles. The Hall–Kier alpha value is -1.10. The van der Waals surface area contributed by atoms with E-state index in [2.05, 4.69) is 4.99 Å². The summed E-state index contributed by atoms with van der Waals surface area (Å²) < 4.78 is 0. The maximum absolute atomic E-state index is 11.0. The van der Waals surface area contributed by atoms with Gasteiger partial charge in [-0.3, -0.25) is 4.99 Å². The minimum Gasteiger partial charge on any atom is -0.859 e. The number of hydrogen-bond donors (Lipinski definition) is 1. The van der Waals surface area contributed by atoms with E-state index in [-0.39, 0.29) is 29.6 Å². The molecule has 0 amide bonds. The van der Waals surface area contributed by atoms with Crippen LogP contribution in [0.3, 0.4) is 0 Å². The van der Waals surface area contributed by atoms with Crippen LogP contribution in [0.4, 0.5) is 5.69 Å². The van der Waals surface area contributed by atoms with Gasteiger partial charge in [-0.2, -0.15) is 0 Å². The second-order valence-electron chi connectivity index (χ2n) is 2.46. The molecule has 0 fully saturated rings. The molecule has 0 aliphatic rings. The van der Waals surface area contributed by atoms with E-state index in [0.29, 0.717) is 5.69 Å². The van der Waals surface area contributed by atoms with E-state index in [4.69, 9.17) is 5.11 Å². The molecule has 15 heavy (non-hydrogen) atoms. The molecular weight excluding hydrogens is 205 g/mol. The second-order valence-corrected chi connectivity index (χ2v) is 2.46. The van der Waals surface area contributed by atoms with E-state index in [1.807, 2.05) is 0 Å². The van der Waals surface area contributed by atoms with Gasteiger partial charge in [0.05, 0.1) is 5.69 Å². The fourth-order valence-electron chi connectivity index (χ4n) is 0.810. The average molecular weight is 213 g/mol. The Balaban J connectivity index is 0.00000196. The summed E-state index contributed by atoms with van der Waals surface area (Å²) in [5.41, 5.74) is 0.507. The van der Waals surface area contributed by atoms with Gasteiger partial charge in [-0.25, -0.2) is 4.79 Å². The number of carbonyl (C=O) groups is 1. The Morgan fingerprint density at radius 1 is 1.27 bits per heavy atom. The Labute approximate surface area is 109 Å². The molecule has 0 bridgehead atoms. The summed E-state index contributed by atoms with van der Waals surface area (Å²) in [6.07, 6.45) is 1.67. The Bertz CT molecular complexity index is 374. The molecule has 72 valence electrons. The molecule has 1 aromatic carbocycles. The van der Waals surface area contributed by atoms with Crippen molar-refractivity contribution in [1.29, 1.82) is 0 Å². The van der Waals surface area contributed by atoms with Gasteiger partial charge in [-0.15, -0.1) is 0 Å². The van der Waals surface area contributed by atoms with Crippen molar-refractivity contribution in [3.63, 3.8) is 0 Å². The van der Waals surface area contributed by atoms with Crippen LogP contribution in [-0.4, -0.2) is 17.0 Å². The topological polar surface area (TPSA) is 72.7 Å². The van der Waals surface area contributed by atoms with Gasteiger partial charge in [0.25, 0.3) is 0 Å². The Morgan fingerprint density at radius 2 is 1.87 bits per heavy atom. The molecule has 1 N–H and O–H groups in total. The molecular formula is C10H8NNaO3. The first-order chi connectivity index (χ1) is 6.68. The van der Waals surface area contributed by atoms with Gasteiger partial charge >= 0.3 is 35.5 Å². The van der Waals surface area contributed by atoms with Gasteiger partial charge in [-0.1, -0.05) is 18.2 Å². The normalized spacial score (nSPS) is 11.1. The number of aliphatic imine (C=N–C) groups is 1. The van der Waals surface area contributed by atoms with Crippen molar-refractivity contribution in [1.82, 2.24) is 0 Å². The fourth-order valence-corrected chi connectivity index (χ4v) is 0.810. The molecule has 0 spiro atoms. The van der Waals surface area contributed by atoms with E-state index < -0.39 is 11.9 Å². The summed E-state index contributed by atoms with van der Waals surface area (Å²) in [5.74, 6) is -1.75. The number of aliphatic carboxylic acids is 1. The van der Waals surface area contributed by atoms with Crippen molar-refractivity contribution in [2.45, 2.75) is 0 Å². The summed E-state index contributed by atoms with van der Waals surface area (Å²) in [6.45, 7) is 0. The van der Waals surface area contributed by atoms with Gasteiger partial charge in [-0.05, 0) is 24.1 Å². The third-order valence-electron chi connectivity index (χ3n) is 1.36. The fraction of sp³-hybridized carbons (Fsp3) is 0. The summed E-state index contributed by atoms with van der Waals surface area (Å²) in [6, 6.07) is 8.61. The first-order valence-electron chi connectivity index (χ1n) is 3.90. The third kappa shape index (κ3) is 6.06. The van der Waals surface area contributed by atoms with E-state index >= 15 is 0 Å². The van der Waals surface area contributed by atoms with Gasteiger partial charge in [0.2, 0.25) is 0 Å². The monoisotopic (exact) mass is 213 g/mol. The Kier molecular flexibility index (Phi) is 6.70. The Morgan fingerprint density at radius 3 is 2.40 bits per heavy atom. The third-order valence-corrected chi connectivity index (χ3v) is 1.36. The van der Waals surface area contributed by atoms with Crippen molar-refractivity contribution >= 4 is 17.6 Å². The second kappa shape index (κ2) is 7.23. The van der Waals surface area contributed by atoms with Crippen molar-refractivity contribution in [2.75, 3.05) is 0 Å². The average Bonchev–Trinajstić information content (AvgIpc) is 2.16. The largest absolute Gasteiger partial charge is 1.00 e. The predicted octanol–water partition coefficient (Wildman–Crippen LogP) is -2.28. The number of rotatable bonds is 3. The van der Waals surface area contributed by atoms with Crippen LogP contribution in [0.1, 0.15) is 0 Å². The number of carboxylic acids is 1. The van der Waals surface area contributed by atoms with Crippen LogP contribution in [-0.2, 0) is 4.79 Å². The summed E-state index contributed by atoms with van der Waals surface area (Å²) in [4.78, 5) is 13.7. The number of hydrogen-bond acceptors (Lipinski definition) is 3. The van der Waals surface area contributed by atoms with E-state index in [1.54, 1.807) is 30.3 Å². The molecule has 0 radical (unpaired) electrons. The number of para-hydroxylation sites is 1. The first-order valence-corrected chi connectivity index (χ1v) is 3.90. The van der Waals surface area contributed by atoms with Crippen LogP contribution in [0, 0.1) is 0 Å². The quantitative estimate of drug-likeness (QED) is 0.266. The van der Waals surface area contributed by atoms with Crippen molar-refractivity contribution < 1.29 is 44.6 Å². The van der Waals surface area contributed by atoms with Crippen molar-refractivity contribution in [3.05, 3.63) is 42.5 Å². The predicted molar refractivity (Wildman–Crippen MR) is 50.3 cm³/mol. The van der Waals surface area contributed by atoms with E-state index in [9.17, 15) is 9.90 Å². The molecule has 0 saturated carbocycles. The maximum atomic E-state index is 11.0. The van der Waals surface area contributed by atoms with Crippen LogP contribution < -0.4 is 34.7 Å². The standard InChI is InChI=1S/C10H9NO3.Na/c12-9(6-7-10(13)14)11-8-4-2-1-3-5-8;/h1-7H,(H,11,12)(H,13,14);/q;+1/p-1/b7-6-;. The molecule has 0 atom stereocenters. The van der Waals surface area contributed by atoms with Crippen LogP contribution >= 0.6 is 0 Å². The minimum atomic E-state index is -1.17. The summed E-state index contributed by atoms with van der Waals surface area (Å²) in [5, 5.41) is 19.2. The smallest absolute Gasteiger partial charge is 0.859 e. The molecule has 1 aromatic rings. The molecule has 0 aliphatic heterocycles. The zero-order valence-electron chi connectivity index (χ0n) is 8.25. The van der Waals surface area contributed by atoms with Crippen LogP contribution in [0.2, 0.25) is 0 Å². The van der Waals surface area contributed by atoms with Crippen molar-refractivity contribution in [2.24, 2.45) is 4.99 Å². The zero-order chi connectivity index (χ0) is 10.4. The molecule has 0 unspecified atom stereocenters. The number of benzene rings is 1. The first kappa shape index (κ1) is 13.9. The molecule has 0 heterocycles. The molecule has 1 rings (SSSR count). The molecule has 5 heteroatoms. The minimum absolute atomic E-state index is 0. The summed E-state index contributed by atoms with van der Waals surface area (Å²) >= 11 is 0. The molecule has 0 saturated heterocycles. The van der Waals surface area contributed by atoms with Crippen molar-refractivity contribution in [3.8, 4) is 0 Å². The molecule has 4 nitrogen and oxygen atoms in total. The molecule has 0 aromatic heterocycles. The van der Waals surface area contributed by atoms with E-state index in [1.165, 1.54) is 0 Å².